The molecular formula is C26H31Cl2N3O2. The maximum atomic E-state index is 13.6. The Morgan fingerprint density at radius 3 is 2.33 bits per heavy atom. The summed E-state index contributed by atoms with van der Waals surface area (Å²) in [5, 5.41) is 1.09. The van der Waals surface area contributed by atoms with Crippen molar-refractivity contribution in [2.24, 2.45) is 11.3 Å². The number of amides is 1. The van der Waals surface area contributed by atoms with Gasteiger partial charge in [0.1, 0.15) is 5.82 Å². The Hall–Kier alpha value is -2.37. The van der Waals surface area contributed by atoms with Crippen LogP contribution in [0.2, 0.25) is 5.02 Å². The summed E-state index contributed by atoms with van der Waals surface area (Å²) in [7, 11) is 0. The van der Waals surface area contributed by atoms with Crippen LogP contribution in [0.15, 0.2) is 53.3 Å². The van der Waals surface area contributed by atoms with Crippen LogP contribution in [0.4, 0.5) is 0 Å². The number of aromatic nitrogens is 2. The second-order valence-corrected chi connectivity index (χ2v) is 10.2. The molecule has 1 heterocycles. The van der Waals surface area contributed by atoms with Gasteiger partial charge in [-0.05, 0) is 69.5 Å². The van der Waals surface area contributed by atoms with E-state index >= 15 is 0 Å². The molecule has 5 nitrogen and oxygen atoms in total. The molecule has 0 aliphatic carbocycles. The van der Waals surface area contributed by atoms with E-state index in [-0.39, 0.29) is 17.3 Å². The maximum absolute atomic E-state index is 13.6. The highest BCUT2D eigenvalue weighted by Crippen LogP contribution is 2.29. The van der Waals surface area contributed by atoms with Gasteiger partial charge in [-0.1, -0.05) is 37.6 Å². The Bertz CT molecular complexity index is 1190. The van der Waals surface area contributed by atoms with Crippen molar-refractivity contribution in [1.82, 2.24) is 14.5 Å². The van der Waals surface area contributed by atoms with Gasteiger partial charge < -0.3 is 4.90 Å². The lowest BCUT2D eigenvalue weighted by Gasteiger charge is -2.36. The molecule has 3 rings (SSSR count). The average Bonchev–Trinajstić information content (AvgIpc) is 2.79. The van der Waals surface area contributed by atoms with Crippen molar-refractivity contribution in [3.05, 3.63) is 69.7 Å². The summed E-state index contributed by atoms with van der Waals surface area (Å²) in [5.41, 5.74) is 0.326. The van der Waals surface area contributed by atoms with Crippen LogP contribution >= 0.6 is 23.2 Å². The molecule has 2 aromatic carbocycles. The number of nitrogens with zero attached hydrogens (tertiary/aromatic N) is 3. The molecule has 0 fully saturated rings. The first-order valence-corrected chi connectivity index (χ1v) is 12.1. The summed E-state index contributed by atoms with van der Waals surface area (Å²) in [6.07, 6.45) is 0.827. The Morgan fingerprint density at radius 2 is 1.73 bits per heavy atom. The van der Waals surface area contributed by atoms with Gasteiger partial charge in [0.15, 0.2) is 0 Å². The van der Waals surface area contributed by atoms with Crippen LogP contribution in [0.5, 0.6) is 0 Å². The smallest absolute Gasteiger partial charge is 0.266 e. The number of fused-ring (bicyclic) bond motifs is 1. The normalized spacial score (nSPS) is 12.8. The number of hydrogen-bond donors (Lipinski definition) is 0. The number of rotatable bonds is 8. The Balaban J connectivity index is 2.23. The third-order valence-electron chi connectivity index (χ3n) is 5.85. The molecule has 33 heavy (non-hydrogen) atoms. The molecule has 1 amide bonds. The minimum atomic E-state index is -0.741. The summed E-state index contributed by atoms with van der Waals surface area (Å²) < 4.78 is 1.59. The van der Waals surface area contributed by atoms with Crippen LogP contribution in [0.1, 0.15) is 52.9 Å². The molecular weight excluding hydrogens is 457 g/mol. The van der Waals surface area contributed by atoms with Crippen LogP contribution in [-0.4, -0.2) is 32.8 Å². The zero-order valence-electron chi connectivity index (χ0n) is 19.8. The van der Waals surface area contributed by atoms with E-state index < -0.39 is 11.5 Å². The number of para-hydroxylation sites is 1. The van der Waals surface area contributed by atoms with Crippen LogP contribution in [0.25, 0.3) is 16.6 Å². The molecule has 0 radical (unpaired) electrons. The first-order chi connectivity index (χ1) is 15.6. The van der Waals surface area contributed by atoms with Crippen LogP contribution < -0.4 is 5.56 Å². The summed E-state index contributed by atoms with van der Waals surface area (Å²) in [6.45, 7) is 10.4. The van der Waals surface area contributed by atoms with Crippen molar-refractivity contribution in [3.8, 4) is 5.69 Å². The zero-order chi connectivity index (χ0) is 24.3. The van der Waals surface area contributed by atoms with Gasteiger partial charge in [-0.2, -0.15) is 0 Å². The second kappa shape index (κ2) is 10.3. The fraction of sp³-hybridized carbons (Fsp3) is 0.423. The van der Waals surface area contributed by atoms with Gasteiger partial charge in [-0.15, -0.1) is 11.6 Å². The minimum absolute atomic E-state index is 0.0595. The molecule has 0 spiro atoms. The van der Waals surface area contributed by atoms with Gasteiger partial charge in [0.2, 0.25) is 5.91 Å². The summed E-state index contributed by atoms with van der Waals surface area (Å²) in [4.78, 5) is 33.9. The van der Waals surface area contributed by atoms with E-state index in [0.717, 1.165) is 6.42 Å². The van der Waals surface area contributed by atoms with Crippen LogP contribution in [-0.2, 0) is 4.79 Å². The van der Waals surface area contributed by atoms with Crippen LogP contribution in [0, 0.1) is 11.3 Å². The molecule has 0 aliphatic heterocycles. The summed E-state index contributed by atoms with van der Waals surface area (Å²) in [6, 6.07) is 13.9. The van der Waals surface area contributed by atoms with E-state index in [9.17, 15) is 9.59 Å². The lowest BCUT2D eigenvalue weighted by atomic mass is 9.93. The molecule has 176 valence electrons. The van der Waals surface area contributed by atoms with Gasteiger partial charge in [0.05, 0.1) is 28.0 Å². The van der Waals surface area contributed by atoms with Gasteiger partial charge >= 0.3 is 0 Å². The number of benzene rings is 2. The maximum Gasteiger partial charge on any atom is 0.266 e. The predicted octanol–water partition coefficient (Wildman–Crippen LogP) is 6.24. The Labute approximate surface area is 205 Å². The molecule has 0 saturated carbocycles. The minimum Gasteiger partial charge on any atom is -0.332 e. The van der Waals surface area contributed by atoms with Crippen molar-refractivity contribution in [2.45, 2.75) is 47.1 Å². The lowest BCUT2D eigenvalue weighted by molar-refractivity contribution is -0.142. The highest BCUT2D eigenvalue weighted by atomic mass is 35.5. The van der Waals surface area contributed by atoms with Gasteiger partial charge in [0.25, 0.3) is 5.56 Å². The van der Waals surface area contributed by atoms with Gasteiger partial charge in [-0.25, -0.2) is 4.98 Å². The second-order valence-electron chi connectivity index (χ2n) is 9.48. The fourth-order valence-electron chi connectivity index (χ4n) is 3.72. The molecule has 1 aromatic heterocycles. The third kappa shape index (κ3) is 5.42. The first-order valence-electron chi connectivity index (χ1n) is 11.2. The van der Waals surface area contributed by atoms with E-state index in [1.807, 2.05) is 43.9 Å². The molecule has 7 heteroatoms. The van der Waals surface area contributed by atoms with Crippen molar-refractivity contribution in [3.63, 3.8) is 0 Å². The predicted molar refractivity (Wildman–Crippen MR) is 136 cm³/mol. The monoisotopic (exact) mass is 487 g/mol. The van der Waals surface area contributed by atoms with E-state index in [2.05, 4.69) is 13.8 Å². The summed E-state index contributed by atoms with van der Waals surface area (Å²) in [5.74, 6) is 1.06. The van der Waals surface area contributed by atoms with E-state index in [1.54, 1.807) is 34.9 Å². The number of alkyl halides is 1. The Morgan fingerprint density at radius 1 is 1.09 bits per heavy atom. The highest BCUT2D eigenvalue weighted by molar-refractivity contribution is 6.30. The molecule has 0 bridgehead atoms. The van der Waals surface area contributed by atoms with Crippen molar-refractivity contribution >= 4 is 40.0 Å². The Kier molecular flexibility index (Phi) is 7.86. The molecule has 1 unspecified atom stereocenters. The topological polar surface area (TPSA) is 55.2 Å². The number of halogens is 2. The van der Waals surface area contributed by atoms with E-state index in [4.69, 9.17) is 28.2 Å². The zero-order valence-corrected chi connectivity index (χ0v) is 21.3. The standard InChI is InChI=1S/C26H31Cl2N3O2/c1-17(2)14-15-30(25(33)26(4,5)16-27)18(3)23-29-22-9-7-6-8-21(22)24(32)31(23)20-12-10-19(28)11-13-20/h6-13,17-18H,14-16H2,1-5H3. The van der Waals surface area contributed by atoms with E-state index in [1.165, 1.54) is 0 Å². The molecule has 0 aliphatic rings. The number of carbonyl (C=O) groups excluding carboxylic acids is 1. The third-order valence-corrected chi connectivity index (χ3v) is 6.77. The van der Waals surface area contributed by atoms with Crippen molar-refractivity contribution in [2.75, 3.05) is 12.4 Å². The number of carbonyl (C=O) groups is 1. The van der Waals surface area contributed by atoms with E-state index in [0.29, 0.717) is 39.9 Å². The molecule has 1 atom stereocenters. The van der Waals surface area contributed by atoms with Crippen molar-refractivity contribution < 1.29 is 4.79 Å². The highest BCUT2D eigenvalue weighted by Gasteiger charge is 2.35. The van der Waals surface area contributed by atoms with Gasteiger partial charge in [0, 0.05) is 17.4 Å². The quantitative estimate of drug-likeness (QED) is 0.353. The summed E-state index contributed by atoms with van der Waals surface area (Å²) >= 11 is 12.3. The fourth-order valence-corrected chi connectivity index (χ4v) is 3.96. The van der Waals surface area contributed by atoms with Crippen LogP contribution in [0.3, 0.4) is 0 Å². The average molecular weight is 488 g/mol. The first kappa shape index (κ1) is 25.3. The molecule has 3 aromatic rings. The number of hydrogen-bond acceptors (Lipinski definition) is 3. The van der Waals surface area contributed by atoms with Crippen molar-refractivity contribution in [1.29, 1.82) is 0 Å². The largest absolute Gasteiger partial charge is 0.332 e. The SMILES string of the molecule is CC(C)CCN(C(=O)C(C)(C)CCl)C(C)c1nc2ccccc2c(=O)n1-c1ccc(Cl)cc1. The molecule has 0 N–H and O–H groups in total. The lowest BCUT2D eigenvalue weighted by Crippen LogP contribution is -2.45. The molecule has 0 saturated heterocycles. The van der Waals surface area contributed by atoms with Gasteiger partial charge in [-0.3, -0.25) is 14.2 Å².